The summed E-state index contributed by atoms with van der Waals surface area (Å²) in [6, 6.07) is 8.29. The van der Waals surface area contributed by atoms with Crippen LogP contribution in [0.2, 0.25) is 0 Å². The van der Waals surface area contributed by atoms with Crippen LogP contribution in [0.1, 0.15) is 5.56 Å². The van der Waals surface area contributed by atoms with Crippen molar-refractivity contribution in [2.75, 3.05) is 0 Å². The van der Waals surface area contributed by atoms with E-state index >= 15 is 0 Å². The second-order valence-electron chi connectivity index (χ2n) is 2.80. The summed E-state index contributed by atoms with van der Waals surface area (Å²) in [5, 5.41) is 0. The van der Waals surface area contributed by atoms with Crippen LogP contribution < -0.4 is 0 Å². The van der Waals surface area contributed by atoms with Crippen LogP contribution in [0.4, 0.5) is 0 Å². The second-order valence-corrected chi connectivity index (χ2v) is 3.71. The van der Waals surface area contributed by atoms with Crippen LogP contribution in [0.25, 0.3) is 5.57 Å². The molecule has 2 rings (SSSR count). The zero-order valence-corrected chi connectivity index (χ0v) is 8.58. The lowest BCUT2D eigenvalue weighted by atomic mass is 10.0. The van der Waals surface area contributed by atoms with Gasteiger partial charge in [0.25, 0.3) is 0 Å². The highest BCUT2D eigenvalue weighted by Gasteiger charge is 2.04. The molecule has 1 aromatic carbocycles. The summed E-state index contributed by atoms with van der Waals surface area (Å²) in [5.41, 5.74) is 2.46. The second kappa shape index (κ2) is 3.69. The molecule has 0 atom stereocenters. The minimum absolute atomic E-state index is 1.11. The first-order valence-electron chi connectivity index (χ1n) is 4.08. The van der Waals surface area contributed by atoms with Crippen molar-refractivity contribution < 1.29 is 0 Å². The van der Waals surface area contributed by atoms with Gasteiger partial charge in [-0.2, -0.15) is 0 Å². The lowest BCUT2D eigenvalue weighted by Gasteiger charge is -1.97. The summed E-state index contributed by atoms with van der Waals surface area (Å²) in [7, 11) is 0. The summed E-state index contributed by atoms with van der Waals surface area (Å²) >= 11 is 3.41. The maximum Gasteiger partial charge on any atom is 0.103 e. The van der Waals surface area contributed by atoms with Crippen LogP contribution in [0.3, 0.4) is 0 Å². The Bertz CT molecular complexity index is 380. The predicted molar refractivity (Wildman–Crippen MR) is 59.1 cm³/mol. The third-order valence-electron chi connectivity index (χ3n) is 1.90. The highest BCUT2D eigenvalue weighted by Crippen LogP contribution is 2.20. The molecular weight excluding hydrogens is 224 g/mol. The van der Waals surface area contributed by atoms with E-state index in [-0.39, 0.29) is 0 Å². The van der Waals surface area contributed by atoms with Gasteiger partial charge in [-0.05, 0) is 12.1 Å². The molecule has 0 bridgehead atoms. The summed E-state index contributed by atoms with van der Waals surface area (Å²) in [4.78, 5) is 0. The molecule has 0 nitrogen and oxygen atoms in total. The van der Waals surface area contributed by atoms with Crippen LogP contribution in [0.15, 0.2) is 53.0 Å². The van der Waals surface area contributed by atoms with E-state index < -0.39 is 0 Å². The molecule has 1 aliphatic rings. The van der Waals surface area contributed by atoms with Crippen molar-refractivity contribution >= 4 is 21.5 Å². The van der Waals surface area contributed by atoms with Gasteiger partial charge in [-0.15, -0.1) is 0 Å². The average molecular weight is 232 g/mol. The Morgan fingerprint density at radius 2 is 1.85 bits per heavy atom. The zero-order valence-electron chi connectivity index (χ0n) is 7.00. The van der Waals surface area contributed by atoms with Gasteiger partial charge in [0.1, 0.15) is 12.2 Å². The molecule has 0 aromatic heterocycles. The summed E-state index contributed by atoms with van der Waals surface area (Å²) in [6.07, 6.45) is 11.0. The van der Waals surface area contributed by atoms with Crippen molar-refractivity contribution in [3.8, 4) is 0 Å². The lowest BCUT2D eigenvalue weighted by molar-refractivity contribution is 1.57. The molecule has 13 heavy (non-hydrogen) atoms. The molecule has 0 unspecified atom stereocenters. The van der Waals surface area contributed by atoms with E-state index in [0.717, 1.165) is 4.47 Å². The van der Waals surface area contributed by atoms with Gasteiger partial charge in [0.05, 0.1) is 17.7 Å². The van der Waals surface area contributed by atoms with Crippen molar-refractivity contribution in [3.05, 3.63) is 64.7 Å². The largest absolute Gasteiger partial charge is 0.103 e. The van der Waals surface area contributed by atoms with Crippen molar-refractivity contribution in [1.29, 1.82) is 0 Å². The smallest absolute Gasteiger partial charge is 0.0508 e. The van der Waals surface area contributed by atoms with E-state index in [9.17, 15) is 0 Å². The molecule has 0 aliphatic heterocycles. The highest BCUT2D eigenvalue weighted by atomic mass is 79.9. The normalized spacial score (nSPS) is 13.8. The summed E-state index contributed by atoms with van der Waals surface area (Å²) < 4.78 is 1.11. The number of benzene rings is 1. The molecule has 1 aliphatic carbocycles. The molecule has 0 N–H and O–H groups in total. The SMILES string of the molecule is Brc1ccc(C2=CC=[C+]C=C2)cc1. The van der Waals surface area contributed by atoms with E-state index in [2.05, 4.69) is 46.3 Å². The quantitative estimate of drug-likeness (QED) is 0.646. The zero-order chi connectivity index (χ0) is 9.10. The number of hydrogen-bond donors (Lipinski definition) is 0. The summed E-state index contributed by atoms with van der Waals surface area (Å²) in [6.45, 7) is 0. The average Bonchev–Trinajstić information content (AvgIpc) is 2.20. The van der Waals surface area contributed by atoms with Gasteiger partial charge in [0, 0.05) is 16.1 Å². The van der Waals surface area contributed by atoms with Crippen molar-refractivity contribution in [3.63, 3.8) is 0 Å². The topological polar surface area (TPSA) is 0 Å². The predicted octanol–water partition coefficient (Wildman–Crippen LogP) is 3.76. The summed E-state index contributed by atoms with van der Waals surface area (Å²) in [5.74, 6) is 0. The Morgan fingerprint density at radius 1 is 1.08 bits per heavy atom. The Labute approximate surface area is 86.4 Å². The molecule has 0 radical (unpaired) electrons. The van der Waals surface area contributed by atoms with Gasteiger partial charge in [0.2, 0.25) is 0 Å². The first-order chi connectivity index (χ1) is 6.36. The van der Waals surface area contributed by atoms with Crippen LogP contribution in [-0.2, 0) is 0 Å². The fraction of sp³-hybridized carbons (Fsp3) is 0. The number of halogens is 1. The minimum atomic E-state index is 1.11. The maximum absolute atomic E-state index is 3.41. The minimum Gasteiger partial charge on any atom is -0.0508 e. The van der Waals surface area contributed by atoms with Crippen molar-refractivity contribution in [2.45, 2.75) is 0 Å². The molecule has 0 amide bonds. The standard InChI is InChI=1S/C12H8Br/c13-12-8-6-11(7-9-12)10-4-2-1-3-5-10/h2-9H/q+1. The molecule has 0 spiro atoms. The van der Waals surface area contributed by atoms with Crippen LogP contribution in [0.5, 0.6) is 0 Å². The van der Waals surface area contributed by atoms with E-state index in [4.69, 9.17) is 0 Å². The molecular formula is C12H8Br+. The van der Waals surface area contributed by atoms with Crippen molar-refractivity contribution in [2.24, 2.45) is 0 Å². The number of rotatable bonds is 1. The monoisotopic (exact) mass is 231 g/mol. The van der Waals surface area contributed by atoms with Crippen LogP contribution in [0, 0.1) is 6.08 Å². The highest BCUT2D eigenvalue weighted by molar-refractivity contribution is 9.10. The Hall–Kier alpha value is -1.17. The first kappa shape index (κ1) is 8.43. The van der Waals surface area contributed by atoms with Gasteiger partial charge in [-0.1, -0.05) is 28.1 Å². The molecule has 1 heteroatoms. The molecule has 0 fully saturated rings. The Morgan fingerprint density at radius 3 is 2.46 bits per heavy atom. The van der Waals surface area contributed by atoms with Gasteiger partial charge in [0.15, 0.2) is 0 Å². The number of allylic oxidation sites excluding steroid dienone is 6. The third kappa shape index (κ3) is 1.95. The van der Waals surface area contributed by atoms with E-state index in [1.807, 2.05) is 24.3 Å². The number of hydrogen-bond acceptors (Lipinski definition) is 0. The van der Waals surface area contributed by atoms with E-state index in [0.29, 0.717) is 0 Å². The Kier molecular flexibility index (Phi) is 2.40. The Balaban J connectivity index is 2.36. The van der Waals surface area contributed by atoms with Gasteiger partial charge >= 0.3 is 0 Å². The van der Waals surface area contributed by atoms with Gasteiger partial charge in [-0.25, -0.2) is 0 Å². The molecule has 0 saturated carbocycles. The van der Waals surface area contributed by atoms with Gasteiger partial charge < -0.3 is 0 Å². The molecule has 0 saturated heterocycles. The van der Waals surface area contributed by atoms with Gasteiger partial charge in [-0.3, -0.25) is 0 Å². The third-order valence-corrected chi connectivity index (χ3v) is 2.42. The fourth-order valence-corrected chi connectivity index (χ4v) is 1.49. The maximum atomic E-state index is 3.41. The van der Waals surface area contributed by atoms with E-state index in [1.54, 1.807) is 0 Å². The van der Waals surface area contributed by atoms with Crippen LogP contribution in [-0.4, -0.2) is 0 Å². The fourth-order valence-electron chi connectivity index (χ4n) is 1.22. The molecule has 1 aromatic rings. The first-order valence-corrected chi connectivity index (χ1v) is 4.87. The van der Waals surface area contributed by atoms with Crippen LogP contribution >= 0.6 is 15.9 Å². The molecule has 62 valence electrons. The lowest BCUT2D eigenvalue weighted by Crippen LogP contribution is -1.81. The molecule has 0 heterocycles. The van der Waals surface area contributed by atoms with E-state index in [1.165, 1.54) is 11.1 Å². The van der Waals surface area contributed by atoms with Crippen molar-refractivity contribution in [1.82, 2.24) is 0 Å².